The molecular weight excluding hydrogens is 822 g/mol. The quantitative estimate of drug-likeness (QED) is 0.0195. The molecule has 0 heterocycles. The first kappa shape index (κ1) is 60.7. The van der Waals surface area contributed by atoms with Crippen molar-refractivity contribution in [1.82, 2.24) is 0 Å². The molecule has 0 amide bonds. The Kier molecular flexibility index (Phi) is 42.5. The van der Waals surface area contributed by atoms with E-state index in [1.807, 2.05) is 21.1 Å². The van der Waals surface area contributed by atoms with Gasteiger partial charge in [0.05, 0.1) is 27.7 Å². The molecule has 0 aliphatic rings. The number of unbranched alkanes of at least 4 members (excludes halogenated alkanes) is 11. The largest absolute Gasteiger partial charge is 0.756 e. The third-order valence-electron chi connectivity index (χ3n) is 9.78. The topological polar surface area (TPSA) is 111 Å². The SMILES string of the molecule is CC/C=C\C/C=C\C/C=C\C/C=C\C/C=C\C/C=C\C/C=C\C/C=C\CCCCCCC(=O)OC(COC(=O)CCCCCCC/C=C\CCCC)COP(=O)([O-])OCC[N+](C)(C)C. The van der Waals surface area contributed by atoms with Gasteiger partial charge in [-0.25, -0.2) is 0 Å². The molecule has 9 nitrogen and oxygen atoms in total. The molecule has 10 heteroatoms. The van der Waals surface area contributed by atoms with Crippen molar-refractivity contribution in [1.29, 1.82) is 0 Å². The lowest BCUT2D eigenvalue weighted by atomic mass is 10.1. The van der Waals surface area contributed by atoms with Crippen LogP contribution in [-0.4, -0.2) is 70.0 Å². The van der Waals surface area contributed by atoms with Crippen molar-refractivity contribution in [2.24, 2.45) is 0 Å². The molecule has 0 bridgehead atoms. The highest BCUT2D eigenvalue weighted by Crippen LogP contribution is 2.38. The Morgan fingerprint density at radius 1 is 0.500 bits per heavy atom. The van der Waals surface area contributed by atoms with Gasteiger partial charge < -0.3 is 27.9 Å². The highest BCUT2D eigenvalue weighted by atomic mass is 31.2. The van der Waals surface area contributed by atoms with Crippen LogP contribution in [0.4, 0.5) is 0 Å². The second-order valence-corrected chi connectivity index (χ2v) is 18.5. The van der Waals surface area contributed by atoms with Crippen molar-refractivity contribution >= 4 is 19.8 Å². The van der Waals surface area contributed by atoms with Gasteiger partial charge in [0, 0.05) is 12.8 Å². The Bertz CT molecular complexity index is 1450. The van der Waals surface area contributed by atoms with Crippen LogP contribution in [0.3, 0.4) is 0 Å². The van der Waals surface area contributed by atoms with E-state index in [0.717, 1.165) is 116 Å². The number of allylic oxidation sites excluding steroid dienone is 18. The van der Waals surface area contributed by atoms with Gasteiger partial charge >= 0.3 is 11.9 Å². The van der Waals surface area contributed by atoms with E-state index in [2.05, 4.69) is 123 Å². The molecule has 0 rings (SSSR count). The number of likely N-dealkylation sites (N-methyl/N-ethyl adjacent to an activating group) is 1. The van der Waals surface area contributed by atoms with Crippen molar-refractivity contribution in [3.05, 3.63) is 109 Å². The van der Waals surface area contributed by atoms with Gasteiger partial charge in [0.15, 0.2) is 6.10 Å². The number of carbonyl (C=O) groups is 2. The smallest absolute Gasteiger partial charge is 0.306 e. The first-order chi connectivity index (χ1) is 31.0. The van der Waals surface area contributed by atoms with Crippen molar-refractivity contribution in [3.8, 4) is 0 Å². The Morgan fingerprint density at radius 3 is 1.34 bits per heavy atom. The van der Waals surface area contributed by atoms with Gasteiger partial charge in [-0.05, 0) is 96.3 Å². The van der Waals surface area contributed by atoms with Gasteiger partial charge in [0.25, 0.3) is 7.82 Å². The summed E-state index contributed by atoms with van der Waals surface area (Å²) < 4.78 is 33.9. The van der Waals surface area contributed by atoms with Gasteiger partial charge in [-0.3, -0.25) is 14.2 Å². The molecule has 0 N–H and O–H groups in total. The molecule has 0 aromatic carbocycles. The van der Waals surface area contributed by atoms with E-state index in [-0.39, 0.29) is 26.1 Å². The summed E-state index contributed by atoms with van der Waals surface area (Å²) in [6, 6.07) is 0. The van der Waals surface area contributed by atoms with Gasteiger partial charge in [0.1, 0.15) is 19.8 Å². The summed E-state index contributed by atoms with van der Waals surface area (Å²) in [6.45, 7) is 4.00. The maximum absolute atomic E-state index is 12.7. The number of hydrogen-bond donors (Lipinski definition) is 0. The number of ether oxygens (including phenoxy) is 2. The van der Waals surface area contributed by atoms with E-state index in [0.29, 0.717) is 23.9 Å². The molecule has 2 atom stereocenters. The molecule has 0 saturated carbocycles. The summed E-state index contributed by atoms with van der Waals surface area (Å²) in [5.41, 5.74) is 0. The predicted octanol–water partition coefficient (Wildman–Crippen LogP) is 14.1. The van der Waals surface area contributed by atoms with Gasteiger partial charge in [0.2, 0.25) is 0 Å². The van der Waals surface area contributed by atoms with Crippen molar-refractivity contribution < 1.29 is 42.1 Å². The minimum absolute atomic E-state index is 0.0437. The summed E-state index contributed by atoms with van der Waals surface area (Å²) in [4.78, 5) is 37.6. The number of esters is 2. The van der Waals surface area contributed by atoms with Crippen LogP contribution in [0.1, 0.15) is 168 Å². The molecule has 0 fully saturated rings. The molecule has 0 aliphatic heterocycles. The second kappa shape index (κ2) is 44.9. The normalized spacial score (nSPS) is 14.4. The summed E-state index contributed by atoms with van der Waals surface area (Å²) >= 11 is 0. The summed E-state index contributed by atoms with van der Waals surface area (Å²) in [5.74, 6) is -0.886. The van der Waals surface area contributed by atoms with Crippen LogP contribution >= 0.6 is 7.82 Å². The van der Waals surface area contributed by atoms with Crippen LogP contribution in [0.15, 0.2) is 109 Å². The molecule has 2 unspecified atom stereocenters. The van der Waals surface area contributed by atoms with Gasteiger partial charge in [-0.1, -0.05) is 168 Å². The minimum atomic E-state index is -4.64. The fourth-order valence-corrected chi connectivity index (χ4v) is 6.67. The zero-order valence-electron chi connectivity index (χ0n) is 40.9. The highest BCUT2D eigenvalue weighted by Gasteiger charge is 2.21. The Hall–Kier alpha value is -3.33. The molecule has 0 saturated heterocycles. The fourth-order valence-electron chi connectivity index (χ4n) is 5.94. The number of hydrogen-bond acceptors (Lipinski definition) is 8. The number of rotatable bonds is 43. The van der Waals surface area contributed by atoms with E-state index in [1.54, 1.807) is 0 Å². The van der Waals surface area contributed by atoms with Crippen LogP contribution in [0.25, 0.3) is 0 Å². The van der Waals surface area contributed by atoms with Crippen molar-refractivity contribution in [2.45, 2.75) is 174 Å². The van der Waals surface area contributed by atoms with Gasteiger partial charge in [-0.15, -0.1) is 0 Å². The van der Waals surface area contributed by atoms with Crippen LogP contribution in [-0.2, 0) is 32.7 Å². The van der Waals surface area contributed by atoms with Crippen LogP contribution in [0.5, 0.6) is 0 Å². The lowest BCUT2D eigenvalue weighted by molar-refractivity contribution is -0.870. The second-order valence-electron chi connectivity index (χ2n) is 17.1. The standard InChI is InChI=1S/C54H90NO8P/c1-6-8-10-12-14-16-18-19-20-21-22-23-24-25-26-27-28-29-30-31-32-33-34-35-37-39-41-43-45-47-54(57)63-52(51-62-64(58,59)61-49-48-55(3,4)5)50-60-53(56)46-44-42-40-38-36-17-15-13-11-9-7-2/h8,10,13-16,19-20,22-23,25-26,28-29,31-32,34-35,52H,6-7,9,11-12,17-18,21,24,27,30,33,36-51H2,1-5H3/b10-8-,15-13-,16-14-,20-19-,23-22-,26-25-,29-28-,32-31-,35-34-. The first-order valence-corrected chi connectivity index (χ1v) is 26.1. The highest BCUT2D eigenvalue weighted by molar-refractivity contribution is 7.45. The predicted molar refractivity (Wildman–Crippen MR) is 268 cm³/mol. The van der Waals surface area contributed by atoms with E-state index >= 15 is 0 Å². The molecule has 0 spiro atoms. The monoisotopic (exact) mass is 912 g/mol. The third kappa shape index (κ3) is 48.1. The van der Waals surface area contributed by atoms with Crippen LogP contribution in [0.2, 0.25) is 0 Å². The molecule has 0 aromatic heterocycles. The lowest BCUT2D eigenvalue weighted by Crippen LogP contribution is -2.37. The van der Waals surface area contributed by atoms with Crippen molar-refractivity contribution in [2.75, 3.05) is 47.5 Å². The fraction of sp³-hybridized carbons (Fsp3) is 0.630. The molecule has 0 radical (unpaired) electrons. The molecule has 64 heavy (non-hydrogen) atoms. The van der Waals surface area contributed by atoms with E-state index in [9.17, 15) is 19.0 Å². The molecule has 0 aliphatic carbocycles. The molecular formula is C54H90NO8P. The van der Waals surface area contributed by atoms with E-state index < -0.39 is 32.5 Å². The number of nitrogens with zero attached hydrogens (tertiary/aromatic N) is 1. The molecule has 364 valence electrons. The maximum Gasteiger partial charge on any atom is 0.306 e. The third-order valence-corrected chi connectivity index (χ3v) is 10.7. The minimum Gasteiger partial charge on any atom is -0.756 e. The summed E-state index contributed by atoms with van der Waals surface area (Å²) in [5, 5.41) is 0. The van der Waals surface area contributed by atoms with E-state index in [1.165, 1.54) is 12.8 Å². The summed E-state index contributed by atoms with van der Waals surface area (Å²) in [6.07, 6.45) is 61.3. The molecule has 0 aromatic rings. The number of phosphoric ester groups is 1. The number of phosphoric acid groups is 1. The Morgan fingerprint density at radius 2 is 0.891 bits per heavy atom. The Labute approximate surface area is 391 Å². The van der Waals surface area contributed by atoms with Gasteiger partial charge in [-0.2, -0.15) is 0 Å². The van der Waals surface area contributed by atoms with Crippen molar-refractivity contribution in [3.63, 3.8) is 0 Å². The maximum atomic E-state index is 12.7. The number of quaternary nitrogens is 1. The average molecular weight is 912 g/mol. The Balaban J connectivity index is 4.31. The van der Waals surface area contributed by atoms with Crippen LogP contribution < -0.4 is 4.89 Å². The zero-order valence-corrected chi connectivity index (χ0v) is 41.8. The lowest BCUT2D eigenvalue weighted by Gasteiger charge is -2.28. The summed E-state index contributed by atoms with van der Waals surface area (Å²) in [7, 11) is 1.12. The number of carbonyl (C=O) groups excluding carboxylic acids is 2. The average Bonchev–Trinajstić information content (AvgIpc) is 3.25. The zero-order chi connectivity index (χ0) is 47.1. The van der Waals surface area contributed by atoms with Crippen LogP contribution in [0, 0.1) is 0 Å². The first-order valence-electron chi connectivity index (χ1n) is 24.6. The van der Waals surface area contributed by atoms with E-state index in [4.69, 9.17) is 18.5 Å².